The van der Waals surface area contributed by atoms with Crippen LogP contribution in [0.5, 0.6) is 0 Å². The van der Waals surface area contributed by atoms with Gasteiger partial charge in [0, 0.05) is 23.7 Å². The second-order valence-corrected chi connectivity index (χ2v) is 8.51. The molecule has 1 aliphatic heterocycles. The number of carbonyl (C=O) groups excluding carboxylic acids is 1. The van der Waals surface area contributed by atoms with E-state index in [0.717, 1.165) is 29.8 Å². The summed E-state index contributed by atoms with van der Waals surface area (Å²) in [4.78, 5) is 19.1. The lowest BCUT2D eigenvalue weighted by molar-refractivity contribution is 0.0579. The highest BCUT2D eigenvalue weighted by Crippen LogP contribution is 2.42. The van der Waals surface area contributed by atoms with E-state index in [1.54, 1.807) is 4.90 Å². The number of fused-ring (bicyclic) bond motifs is 1. The lowest BCUT2D eigenvalue weighted by Crippen LogP contribution is -2.38. The summed E-state index contributed by atoms with van der Waals surface area (Å²) in [7, 11) is 0. The van der Waals surface area contributed by atoms with Gasteiger partial charge in [-0.25, -0.2) is 4.79 Å². The molecule has 0 bridgehead atoms. The molecular weight excluding hydrogens is 300 g/mol. The van der Waals surface area contributed by atoms with E-state index in [2.05, 4.69) is 26.0 Å². The second kappa shape index (κ2) is 5.91. The van der Waals surface area contributed by atoms with Gasteiger partial charge in [0.2, 0.25) is 0 Å². The van der Waals surface area contributed by atoms with Crippen LogP contribution in [0.4, 0.5) is 10.5 Å². The van der Waals surface area contributed by atoms with Crippen molar-refractivity contribution in [3.05, 3.63) is 29.6 Å². The molecule has 0 spiro atoms. The molecule has 0 atom stereocenters. The summed E-state index contributed by atoms with van der Waals surface area (Å²) in [6, 6.07) is 2.07. The largest absolute Gasteiger partial charge is 0.443 e. The summed E-state index contributed by atoms with van der Waals surface area (Å²) in [5, 5.41) is 0. The van der Waals surface area contributed by atoms with Crippen molar-refractivity contribution in [1.29, 1.82) is 0 Å². The Morgan fingerprint density at radius 1 is 1.29 bits per heavy atom. The van der Waals surface area contributed by atoms with Gasteiger partial charge in [-0.2, -0.15) is 0 Å². The molecule has 0 saturated heterocycles. The molecule has 0 fully saturated rings. The third-order valence-corrected chi connectivity index (χ3v) is 4.69. The monoisotopic (exact) mass is 328 g/mol. The van der Waals surface area contributed by atoms with E-state index >= 15 is 0 Å². The molecule has 0 unspecified atom stereocenters. The first-order valence-corrected chi connectivity index (χ1v) is 8.88. The number of anilines is 1. The SMILES string of the molecule is CC(C)(C)OC(=O)N1CC(C)(C)c2cnc(C3=CCCCC3)cc21. The van der Waals surface area contributed by atoms with Crippen LogP contribution in [0.25, 0.3) is 5.57 Å². The zero-order valence-electron chi connectivity index (χ0n) is 15.5. The highest BCUT2D eigenvalue weighted by Gasteiger charge is 2.40. The molecule has 4 heteroatoms. The van der Waals surface area contributed by atoms with Crippen LogP contribution in [0.1, 0.15) is 71.6 Å². The van der Waals surface area contributed by atoms with Crippen molar-refractivity contribution >= 4 is 17.4 Å². The van der Waals surface area contributed by atoms with Crippen molar-refractivity contribution in [2.75, 3.05) is 11.4 Å². The minimum Gasteiger partial charge on any atom is -0.443 e. The summed E-state index contributed by atoms with van der Waals surface area (Å²) in [6.45, 7) is 10.6. The van der Waals surface area contributed by atoms with E-state index in [9.17, 15) is 4.79 Å². The van der Waals surface area contributed by atoms with Gasteiger partial charge in [-0.1, -0.05) is 19.9 Å². The molecule has 4 nitrogen and oxygen atoms in total. The van der Waals surface area contributed by atoms with E-state index in [1.165, 1.54) is 18.4 Å². The highest BCUT2D eigenvalue weighted by molar-refractivity contribution is 5.92. The normalized spacial score (nSPS) is 19.7. The summed E-state index contributed by atoms with van der Waals surface area (Å²) >= 11 is 0. The molecule has 2 heterocycles. The van der Waals surface area contributed by atoms with Crippen molar-refractivity contribution < 1.29 is 9.53 Å². The fourth-order valence-corrected chi connectivity index (χ4v) is 3.48. The van der Waals surface area contributed by atoms with Gasteiger partial charge in [0.05, 0.1) is 11.4 Å². The second-order valence-electron chi connectivity index (χ2n) is 8.51. The molecule has 0 aromatic carbocycles. The van der Waals surface area contributed by atoms with Gasteiger partial charge in [-0.15, -0.1) is 0 Å². The van der Waals surface area contributed by atoms with Gasteiger partial charge in [-0.3, -0.25) is 9.88 Å². The molecule has 1 aliphatic carbocycles. The van der Waals surface area contributed by atoms with Crippen molar-refractivity contribution in [3.63, 3.8) is 0 Å². The van der Waals surface area contributed by atoms with Crippen LogP contribution in [0.3, 0.4) is 0 Å². The maximum atomic E-state index is 12.7. The molecule has 0 N–H and O–H groups in total. The van der Waals surface area contributed by atoms with Crippen LogP contribution >= 0.6 is 0 Å². The zero-order valence-corrected chi connectivity index (χ0v) is 15.5. The Kier molecular flexibility index (Phi) is 4.18. The zero-order chi connectivity index (χ0) is 17.5. The average molecular weight is 328 g/mol. The molecular formula is C20H28N2O2. The van der Waals surface area contributed by atoms with Crippen molar-refractivity contribution in [1.82, 2.24) is 4.98 Å². The molecule has 1 aromatic heterocycles. The Hall–Kier alpha value is -1.84. The number of ether oxygens (including phenoxy) is 1. The molecule has 1 amide bonds. The lowest BCUT2D eigenvalue weighted by atomic mass is 9.87. The van der Waals surface area contributed by atoms with Crippen molar-refractivity contribution in [3.8, 4) is 0 Å². The van der Waals surface area contributed by atoms with Gasteiger partial charge >= 0.3 is 6.09 Å². The quantitative estimate of drug-likeness (QED) is 0.722. The highest BCUT2D eigenvalue weighted by atomic mass is 16.6. The first-order chi connectivity index (χ1) is 11.2. The maximum absolute atomic E-state index is 12.7. The molecule has 2 aliphatic rings. The molecule has 3 rings (SSSR count). The number of carbonyl (C=O) groups is 1. The molecule has 0 saturated carbocycles. The Morgan fingerprint density at radius 2 is 2.04 bits per heavy atom. The lowest BCUT2D eigenvalue weighted by Gasteiger charge is -2.26. The summed E-state index contributed by atoms with van der Waals surface area (Å²) in [6.07, 6.45) is 8.62. The third kappa shape index (κ3) is 3.33. The first-order valence-electron chi connectivity index (χ1n) is 8.88. The Labute approximate surface area is 144 Å². The van der Waals surface area contributed by atoms with E-state index in [4.69, 9.17) is 9.72 Å². The van der Waals surface area contributed by atoms with E-state index in [-0.39, 0.29) is 11.5 Å². The minimum atomic E-state index is -0.494. The van der Waals surface area contributed by atoms with Gasteiger partial charge < -0.3 is 4.74 Å². The maximum Gasteiger partial charge on any atom is 0.414 e. The molecule has 0 radical (unpaired) electrons. The summed E-state index contributed by atoms with van der Waals surface area (Å²) in [5.41, 5.74) is 3.77. The fraction of sp³-hybridized carbons (Fsp3) is 0.600. The predicted octanol–water partition coefficient (Wildman–Crippen LogP) is 5.07. The number of pyridine rings is 1. The number of hydrogen-bond donors (Lipinski definition) is 0. The fourth-order valence-electron chi connectivity index (χ4n) is 3.48. The van der Waals surface area contributed by atoms with Crippen LogP contribution in [0, 0.1) is 0 Å². The van der Waals surface area contributed by atoms with Crippen LogP contribution in [0.15, 0.2) is 18.3 Å². The van der Waals surface area contributed by atoms with E-state index in [0.29, 0.717) is 6.54 Å². The van der Waals surface area contributed by atoms with E-state index < -0.39 is 5.60 Å². The standard InChI is InChI=1S/C20H28N2O2/c1-19(2,3)24-18(23)22-13-20(4,5)15-12-21-16(11-17(15)22)14-9-7-6-8-10-14/h9,11-12H,6-8,10,13H2,1-5H3. The Bertz CT molecular complexity index is 683. The number of nitrogens with zero attached hydrogens (tertiary/aromatic N) is 2. The third-order valence-electron chi connectivity index (χ3n) is 4.69. The number of amides is 1. The van der Waals surface area contributed by atoms with Gasteiger partial charge in [-0.05, 0) is 58.1 Å². The topological polar surface area (TPSA) is 42.4 Å². The Balaban J connectivity index is 1.97. The van der Waals surface area contributed by atoms with Crippen LogP contribution < -0.4 is 4.90 Å². The summed E-state index contributed by atoms with van der Waals surface area (Å²) in [5.74, 6) is 0. The van der Waals surface area contributed by atoms with Crippen molar-refractivity contribution in [2.45, 2.75) is 71.3 Å². The molecule has 130 valence electrons. The number of aromatic nitrogens is 1. The average Bonchev–Trinajstić information content (AvgIpc) is 2.78. The molecule has 1 aromatic rings. The van der Waals surface area contributed by atoms with Crippen LogP contribution in [-0.4, -0.2) is 23.2 Å². The van der Waals surface area contributed by atoms with Gasteiger partial charge in [0.1, 0.15) is 5.60 Å². The summed E-state index contributed by atoms with van der Waals surface area (Å²) < 4.78 is 5.61. The first kappa shape index (κ1) is 17.0. The minimum absolute atomic E-state index is 0.112. The number of hydrogen-bond acceptors (Lipinski definition) is 3. The number of allylic oxidation sites excluding steroid dienone is 2. The Morgan fingerprint density at radius 3 is 2.67 bits per heavy atom. The molecule has 24 heavy (non-hydrogen) atoms. The van der Waals surface area contributed by atoms with Gasteiger partial charge in [0.15, 0.2) is 0 Å². The van der Waals surface area contributed by atoms with E-state index in [1.807, 2.05) is 27.0 Å². The smallest absolute Gasteiger partial charge is 0.414 e. The van der Waals surface area contributed by atoms with Crippen LogP contribution in [-0.2, 0) is 10.2 Å². The number of rotatable bonds is 1. The van der Waals surface area contributed by atoms with Gasteiger partial charge in [0.25, 0.3) is 0 Å². The van der Waals surface area contributed by atoms with Crippen molar-refractivity contribution in [2.24, 2.45) is 0 Å². The predicted molar refractivity (Wildman–Crippen MR) is 97.3 cm³/mol. The van der Waals surface area contributed by atoms with Crippen LogP contribution in [0.2, 0.25) is 0 Å².